The van der Waals surface area contributed by atoms with E-state index in [1.807, 2.05) is 36.4 Å². The second-order valence-electron chi connectivity index (χ2n) is 7.14. The maximum absolute atomic E-state index is 10.8. The molecule has 0 bridgehead atoms. The van der Waals surface area contributed by atoms with E-state index in [2.05, 4.69) is 16.4 Å². The molecule has 0 saturated carbocycles. The standard InChI is InChI=1S/C21H28NO6PS/c1-21(22,16-28-29(23,24)25)13-12-20-11-10-19(30-20)5-3-4-14-27-15-17-6-8-18(26-2)9-7-17/h6-11H,4,12-16,22H2,1-2H3,(H2,23,24,25). The van der Waals surface area contributed by atoms with Crippen molar-refractivity contribution in [3.8, 4) is 17.6 Å². The highest BCUT2D eigenvalue weighted by molar-refractivity contribution is 7.46. The van der Waals surface area contributed by atoms with Crippen LogP contribution in [0.4, 0.5) is 0 Å². The Balaban J connectivity index is 1.69. The number of phosphoric ester groups is 1. The molecule has 1 atom stereocenters. The predicted molar refractivity (Wildman–Crippen MR) is 117 cm³/mol. The highest BCUT2D eigenvalue weighted by atomic mass is 32.1. The van der Waals surface area contributed by atoms with E-state index in [9.17, 15) is 4.57 Å². The van der Waals surface area contributed by atoms with Crippen molar-refractivity contribution in [2.75, 3.05) is 20.3 Å². The van der Waals surface area contributed by atoms with Crippen LogP contribution in [0.1, 0.15) is 35.1 Å². The third-order valence-corrected chi connectivity index (χ3v) is 5.70. The van der Waals surface area contributed by atoms with Gasteiger partial charge in [0.2, 0.25) is 0 Å². The Labute approximate surface area is 181 Å². The van der Waals surface area contributed by atoms with E-state index in [1.165, 1.54) is 0 Å². The zero-order valence-electron chi connectivity index (χ0n) is 17.2. The number of benzene rings is 1. The molecule has 0 radical (unpaired) electrons. The summed E-state index contributed by atoms with van der Waals surface area (Å²) >= 11 is 1.59. The number of ether oxygens (including phenoxy) is 2. The molecule has 0 aliphatic carbocycles. The number of thiophene rings is 1. The zero-order valence-corrected chi connectivity index (χ0v) is 18.9. The van der Waals surface area contributed by atoms with Crippen molar-refractivity contribution in [2.24, 2.45) is 5.73 Å². The van der Waals surface area contributed by atoms with Crippen molar-refractivity contribution in [3.63, 3.8) is 0 Å². The molecular formula is C21H28NO6PS. The maximum atomic E-state index is 10.8. The van der Waals surface area contributed by atoms with Crippen LogP contribution in [0.25, 0.3) is 0 Å². The van der Waals surface area contributed by atoms with Gasteiger partial charge in [-0.1, -0.05) is 24.0 Å². The molecule has 164 valence electrons. The molecule has 2 rings (SSSR count). The van der Waals surface area contributed by atoms with Crippen LogP contribution in [0, 0.1) is 11.8 Å². The van der Waals surface area contributed by atoms with Gasteiger partial charge in [-0.3, -0.25) is 4.52 Å². The Bertz CT molecular complexity index is 894. The second-order valence-corrected chi connectivity index (χ2v) is 9.54. The van der Waals surface area contributed by atoms with Crippen LogP contribution >= 0.6 is 19.2 Å². The highest BCUT2D eigenvalue weighted by Gasteiger charge is 2.24. The Morgan fingerprint density at radius 2 is 1.93 bits per heavy atom. The molecule has 4 N–H and O–H groups in total. The van der Waals surface area contributed by atoms with Crippen LogP contribution in [0.3, 0.4) is 0 Å². The summed E-state index contributed by atoms with van der Waals surface area (Å²) in [4.78, 5) is 19.7. The summed E-state index contributed by atoms with van der Waals surface area (Å²) in [5, 5.41) is 0. The normalized spacial score (nSPS) is 13.4. The van der Waals surface area contributed by atoms with E-state index < -0.39 is 13.4 Å². The molecule has 1 aromatic carbocycles. The highest BCUT2D eigenvalue weighted by Crippen LogP contribution is 2.37. The number of hydrogen-bond donors (Lipinski definition) is 3. The van der Waals surface area contributed by atoms with Gasteiger partial charge in [0.1, 0.15) is 5.75 Å². The van der Waals surface area contributed by atoms with Gasteiger partial charge in [-0.25, -0.2) is 4.57 Å². The minimum atomic E-state index is -4.51. The van der Waals surface area contributed by atoms with Crippen LogP contribution in [0.5, 0.6) is 5.75 Å². The number of nitrogens with two attached hydrogens (primary N) is 1. The average molecular weight is 453 g/mol. The summed E-state index contributed by atoms with van der Waals surface area (Å²) in [6.07, 6.45) is 1.87. The van der Waals surface area contributed by atoms with E-state index >= 15 is 0 Å². The fourth-order valence-electron chi connectivity index (χ4n) is 2.48. The van der Waals surface area contributed by atoms with Crippen LogP contribution in [-0.4, -0.2) is 35.6 Å². The SMILES string of the molecule is COc1ccc(COCCC#Cc2ccc(CCC(C)(N)COP(=O)(O)O)s2)cc1. The fraction of sp³-hybridized carbons (Fsp3) is 0.429. The molecule has 1 heterocycles. The van der Waals surface area contributed by atoms with Crippen LogP contribution in [0.15, 0.2) is 36.4 Å². The Hall–Kier alpha value is -1.69. The Morgan fingerprint density at radius 3 is 2.60 bits per heavy atom. The molecule has 1 aromatic heterocycles. The van der Waals surface area contributed by atoms with Crippen molar-refractivity contribution in [1.82, 2.24) is 0 Å². The molecule has 0 spiro atoms. The van der Waals surface area contributed by atoms with E-state index in [1.54, 1.807) is 25.4 Å². The summed E-state index contributed by atoms with van der Waals surface area (Å²) in [5.41, 5.74) is 6.32. The van der Waals surface area contributed by atoms with E-state index in [0.29, 0.717) is 32.5 Å². The molecule has 1 unspecified atom stereocenters. The molecule has 2 aromatic rings. The van der Waals surface area contributed by atoms with Crippen LogP contribution in [-0.2, 0) is 26.9 Å². The summed E-state index contributed by atoms with van der Waals surface area (Å²) < 4.78 is 26.1. The molecule has 0 aliphatic heterocycles. The molecule has 0 fully saturated rings. The summed E-state index contributed by atoms with van der Waals surface area (Å²) in [6.45, 7) is 2.61. The van der Waals surface area contributed by atoms with E-state index in [4.69, 9.17) is 25.0 Å². The second kappa shape index (κ2) is 11.6. The summed E-state index contributed by atoms with van der Waals surface area (Å²) in [7, 11) is -2.87. The van der Waals surface area contributed by atoms with Crippen LogP contribution < -0.4 is 10.5 Å². The summed E-state index contributed by atoms with van der Waals surface area (Å²) in [5.74, 6) is 7.07. The van der Waals surface area contributed by atoms with Crippen LogP contribution in [0.2, 0.25) is 0 Å². The van der Waals surface area contributed by atoms with Gasteiger partial charge in [0.25, 0.3) is 0 Å². The number of hydrogen-bond acceptors (Lipinski definition) is 6. The maximum Gasteiger partial charge on any atom is 0.469 e. The topological polar surface area (TPSA) is 111 Å². The minimum absolute atomic E-state index is 0.203. The fourth-order valence-corrected chi connectivity index (χ4v) is 3.82. The first-order valence-corrected chi connectivity index (χ1v) is 11.8. The third-order valence-electron chi connectivity index (χ3n) is 4.18. The molecule has 0 amide bonds. The van der Waals surface area contributed by atoms with E-state index in [-0.39, 0.29) is 6.61 Å². The van der Waals surface area contributed by atoms with Gasteiger partial charge in [-0.2, -0.15) is 0 Å². The first kappa shape index (κ1) is 24.6. The lowest BCUT2D eigenvalue weighted by atomic mass is 9.98. The number of rotatable bonds is 11. The van der Waals surface area contributed by atoms with E-state index in [0.717, 1.165) is 21.1 Å². The van der Waals surface area contributed by atoms with Gasteiger partial charge in [-0.15, -0.1) is 11.3 Å². The molecule has 7 nitrogen and oxygen atoms in total. The monoisotopic (exact) mass is 453 g/mol. The predicted octanol–water partition coefficient (Wildman–Crippen LogP) is 3.47. The van der Waals surface area contributed by atoms with Gasteiger partial charge >= 0.3 is 7.82 Å². The quantitative estimate of drug-likeness (QED) is 0.271. The first-order chi connectivity index (χ1) is 14.2. The minimum Gasteiger partial charge on any atom is -0.497 e. The van der Waals surface area contributed by atoms with Crippen molar-refractivity contribution >= 4 is 19.2 Å². The largest absolute Gasteiger partial charge is 0.497 e. The lowest BCUT2D eigenvalue weighted by Gasteiger charge is -2.24. The number of aryl methyl sites for hydroxylation is 1. The smallest absolute Gasteiger partial charge is 0.469 e. The van der Waals surface area contributed by atoms with Crippen molar-refractivity contribution < 1.29 is 28.3 Å². The Morgan fingerprint density at radius 1 is 1.20 bits per heavy atom. The number of methoxy groups -OCH3 is 1. The third kappa shape index (κ3) is 9.88. The first-order valence-electron chi connectivity index (χ1n) is 9.44. The lowest BCUT2D eigenvalue weighted by molar-refractivity contribution is 0.126. The van der Waals surface area contributed by atoms with Gasteiger partial charge in [0, 0.05) is 16.8 Å². The van der Waals surface area contributed by atoms with Gasteiger partial charge in [0.15, 0.2) is 0 Å². The summed E-state index contributed by atoms with van der Waals surface area (Å²) in [6, 6.07) is 11.7. The molecule has 0 saturated heterocycles. The van der Waals surface area contributed by atoms with Gasteiger partial charge in [0.05, 0.1) is 31.8 Å². The van der Waals surface area contributed by atoms with Crippen molar-refractivity contribution in [1.29, 1.82) is 0 Å². The Kier molecular flexibility index (Phi) is 9.53. The van der Waals surface area contributed by atoms with Crippen molar-refractivity contribution in [2.45, 2.75) is 38.3 Å². The van der Waals surface area contributed by atoms with Gasteiger partial charge < -0.3 is 25.0 Å². The molecule has 9 heteroatoms. The lowest BCUT2D eigenvalue weighted by Crippen LogP contribution is -2.41. The molecular weight excluding hydrogens is 425 g/mol. The average Bonchev–Trinajstić information content (AvgIpc) is 3.16. The van der Waals surface area contributed by atoms with Gasteiger partial charge in [-0.05, 0) is 49.6 Å². The molecule has 30 heavy (non-hydrogen) atoms. The zero-order chi connectivity index (χ0) is 22.0. The van der Waals surface area contributed by atoms with Crippen molar-refractivity contribution in [3.05, 3.63) is 51.7 Å². The number of phosphoric acid groups is 1. The molecule has 0 aliphatic rings.